The molecule has 0 aromatic carbocycles. The van der Waals surface area contributed by atoms with Gasteiger partial charge in [-0.25, -0.2) is 0 Å². The molecule has 0 spiro atoms. The molecule has 0 saturated carbocycles. The normalized spacial score (nSPS) is 12.7. The lowest BCUT2D eigenvalue weighted by molar-refractivity contribution is 0.434. The maximum absolute atomic E-state index is 5.57. The molecule has 1 atom stereocenters. The SMILES string of the molecule is CCC(CCN)CCCNc1ccn(C)n1. The molecule has 1 aromatic rings. The van der Waals surface area contributed by atoms with Crippen LogP contribution in [-0.4, -0.2) is 22.9 Å². The molecule has 0 fully saturated rings. The summed E-state index contributed by atoms with van der Waals surface area (Å²) in [6, 6.07) is 2.00. The summed E-state index contributed by atoms with van der Waals surface area (Å²) in [6.45, 7) is 4.05. The van der Waals surface area contributed by atoms with Gasteiger partial charge in [0.25, 0.3) is 0 Å². The molecule has 0 bridgehead atoms. The summed E-state index contributed by atoms with van der Waals surface area (Å²) in [5, 5.41) is 7.59. The van der Waals surface area contributed by atoms with Gasteiger partial charge >= 0.3 is 0 Å². The Balaban J connectivity index is 2.11. The van der Waals surface area contributed by atoms with Crippen LogP contribution in [0.2, 0.25) is 0 Å². The van der Waals surface area contributed by atoms with E-state index in [0.29, 0.717) is 0 Å². The third-order valence-corrected chi connectivity index (χ3v) is 2.96. The van der Waals surface area contributed by atoms with E-state index in [0.717, 1.165) is 31.2 Å². The summed E-state index contributed by atoms with van der Waals surface area (Å²) in [5.74, 6) is 1.75. The fraction of sp³-hybridized carbons (Fsp3) is 0.750. The first-order chi connectivity index (χ1) is 7.76. The van der Waals surface area contributed by atoms with Crippen LogP contribution in [-0.2, 0) is 7.05 Å². The number of aromatic nitrogens is 2. The van der Waals surface area contributed by atoms with Gasteiger partial charge in [0.15, 0.2) is 0 Å². The average Bonchev–Trinajstić information content (AvgIpc) is 2.69. The average molecular weight is 224 g/mol. The second kappa shape index (κ2) is 7.28. The van der Waals surface area contributed by atoms with Crippen molar-refractivity contribution in [3.63, 3.8) is 0 Å². The fourth-order valence-corrected chi connectivity index (χ4v) is 1.90. The molecule has 4 heteroatoms. The molecular weight excluding hydrogens is 200 g/mol. The van der Waals surface area contributed by atoms with Crippen LogP contribution in [0.3, 0.4) is 0 Å². The number of hydrogen-bond acceptors (Lipinski definition) is 3. The van der Waals surface area contributed by atoms with Gasteiger partial charge in [-0.15, -0.1) is 0 Å². The molecule has 0 aliphatic heterocycles. The Bertz CT molecular complexity index is 282. The first-order valence-electron chi connectivity index (χ1n) is 6.19. The van der Waals surface area contributed by atoms with Gasteiger partial charge in [-0.1, -0.05) is 13.3 Å². The van der Waals surface area contributed by atoms with Gasteiger partial charge in [0.05, 0.1) is 0 Å². The number of rotatable bonds is 8. The van der Waals surface area contributed by atoms with E-state index in [9.17, 15) is 0 Å². The molecule has 16 heavy (non-hydrogen) atoms. The van der Waals surface area contributed by atoms with Gasteiger partial charge in [0.1, 0.15) is 5.82 Å². The second-order valence-corrected chi connectivity index (χ2v) is 4.30. The summed E-state index contributed by atoms with van der Waals surface area (Å²) in [4.78, 5) is 0. The molecule has 3 N–H and O–H groups in total. The molecule has 1 aromatic heterocycles. The molecule has 1 rings (SSSR count). The zero-order valence-electron chi connectivity index (χ0n) is 10.4. The molecule has 0 aliphatic rings. The number of nitrogens with two attached hydrogens (primary N) is 1. The smallest absolute Gasteiger partial charge is 0.147 e. The van der Waals surface area contributed by atoms with Crippen LogP contribution in [0.25, 0.3) is 0 Å². The minimum Gasteiger partial charge on any atom is -0.369 e. The van der Waals surface area contributed by atoms with Gasteiger partial charge in [-0.3, -0.25) is 4.68 Å². The van der Waals surface area contributed by atoms with Gasteiger partial charge in [0.2, 0.25) is 0 Å². The van der Waals surface area contributed by atoms with Crippen molar-refractivity contribution in [2.24, 2.45) is 18.7 Å². The van der Waals surface area contributed by atoms with Crippen molar-refractivity contribution in [1.29, 1.82) is 0 Å². The minimum absolute atomic E-state index is 0.788. The number of anilines is 1. The van der Waals surface area contributed by atoms with Gasteiger partial charge < -0.3 is 11.1 Å². The third kappa shape index (κ3) is 4.66. The summed E-state index contributed by atoms with van der Waals surface area (Å²) in [6.07, 6.45) is 6.79. The third-order valence-electron chi connectivity index (χ3n) is 2.96. The highest BCUT2D eigenvalue weighted by Crippen LogP contribution is 2.14. The second-order valence-electron chi connectivity index (χ2n) is 4.30. The van der Waals surface area contributed by atoms with Crippen LogP contribution in [0.15, 0.2) is 12.3 Å². The largest absolute Gasteiger partial charge is 0.369 e. The topological polar surface area (TPSA) is 55.9 Å². The van der Waals surface area contributed by atoms with E-state index in [1.807, 2.05) is 24.0 Å². The summed E-state index contributed by atoms with van der Waals surface area (Å²) >= 11 is 0. The number of nitrogens with zero attached hydrogens (tertiary/aromatic N) is 2. The van der Waals surface area contributed by atoms with Crippen molar-refractivity contribution in [2.45, 2.75) is 32.6 Å². The Morgan fingerprint density at radius 1 is 1.50 bits per heavy atom. The monoisotopic (exact) mass is 224 g/mol. The number of hydrogen-bond donors (Lipinski definition) is 2. The lowest BCUT2D eigenvalue weighted by Crippen LogP contribution is -2.10. The van der Waals surface area contributed by atoms with Gasteiger partial charge in [-0.2, -0.15) is 5.10 Å². The van der Waals surface area contributed by atoms with Gasteiger partial charge in [0, 0.05) is 25.9 Å². The van der Waals surface area contributed by atoms with Crippen LogP contribution in [0, 0.1) is 5.92 Å². The molecule has 1 unspecified atom stereocenters. The molecule has 92 valence electrons. The van der Waals surface area contributed by atoms with Crippen LogP contribution < -0.4 is 11.1 Å². The molecule has 0 radical (unpaired) electrons. The fourth-order valence-electron chi connectivity index (χ4n) is 1.90. The Morgan fingerprint density at radius 2 is 2.31 bits per heavy atom. The quantitative estimate of drug-likeness (QED) is 0.664. The molecule has 1 heterocycles. The molecular formula is C12H24N4. The molecule has 4 nitrogen and oxygen atoms in total. The predicted octanol–water partition coefficient (Wildman–Crippen LogP) is 1.99. The zero-order valence-corrected chi connectivity index (χ0v) is 10.4. The summed E-state index contributed by atoms with van der Waals surface area (Å²) < 4.78 is 1.81. The highest BCUT2D eigenvalue weighted by atomic mass is 15.3. The Hall–Kier alpha value is -1.03. The van der Waals surface area contributed by atoms with E-state index >= 15 is 0 Å². The lowest BCUT2D eigenvalue weighted by atomic mass is 9.97. The van der Waals surface area contributed by atoms with Crippen molar-refractivity contribution in [2.75, 3.05) is 18.4 Å². The van der Waals surface area contributed by atoms with Crippen LogP contribution in [0.1, 0.15) is 32.6 Å². The van der Waals surface area contributed by atoms with Crippen molar-refractivity contribution in [3.05, 3.63) is 12.3 Å². The maximum Gasteiger partial charge on any atom is 0.147 e. The molecule has 0 aliphatic carbocycles. The van der Waals surface area contributed by atoms with Gasteiger partial charge in [-0.05, 0) is 31.7 Å². The highest BCUT2D eigenvalue weighted by Gasteiger charge is 2.04. The summed E-state index contributed by atoms with van der Waals surface area (Å²) in [7, 11) is 1.93. The van der Waals surface area contributed by atoms with Crippen molar-refractivity contribution in [1.82, 2.24) is 9.78 Å². The standard InChI is InChI=1S/C12H24N4/c1-3-11(6-8-13)5-4-9-14-12-7-10-16(2)15-12/h7,10-11H,3-6,8-9,13H2,1-2H3,(H,14,15). The van der Waals surface area contributed by atoms with Crippen LogP contribution in [0.4, 0.5) is 5.82 Å². The van der Waals surface area contributed by atoms with E-state index in [1.165, 1.54) is 19.3 Å². The van der Waals surface area contributed by atoms with Crippen molar-refractivity contribution >= 4 is 5.82 Å². The first kappa shape index (κ1) is 13.0. The Kier molecular flexibility index (Phi) is 5.93. The lowest BCUT2D eigenvalue weighted by Gasteiger charge is -2.13. The Labute approximate surface area is 98.2 Å². The zero-order chi connectivity index (χ0) is 11.8. The van der Waals surface area contributed by atoms with E-state index in [1.54, 1.807) is 0 Å². The van der Waals surface area contributed by atoms with E-state index in [2.05, 4.69) is 17.3 Å². The molecule has 0 saturated heterocycles. The number of aryl methyl sites for hydroxylation is 1. The first-order valence-corrected chi connectivity index (χ1v) is 6.19. The van der Waals surface area contributed by atoms with Crippen LogP contribution >= 0.6 is 0 Å². The highest BCUT2D eigenvalue weighted by molar-refractivity contribution is 5.31. The van der Waals surface area contributed by atoms with E-state index in [4.69, 9.17) is 5.73 Å². The van der Waals surface area contributed by atoms with Crippen molar-refractivity contribution < 1.29 is 0 Å². The predicted molar refractivity (Wildman–Crippen MR) is 68.4 cm³/mol. The molecule has 0 amide bonds. The van der Waals surface area contributed by atoms with Crippen LogP contribution in [0.5, 0.6) is 0 Å². The minimum atomic E-state index is 0.788. The number of nitrogens with one attached hydrogen (secondary N) is 1. The maximum atomic E-state index is 5.57. The Morgan fingerprint density at radius 3 is 2.88 bits per heavy atom. The van der Waals surface area contributed by atoms with E-state index < -0.39 is 0 Å². The van der Waals surface area contributed by atoms with E-state index in [-0.39, 0.29) is 0 Å². The van der Waals surface area contributed by atoms with Crippen molar-refractivity contribution in [3.8, 4) is 0 Å². The summed E-state index contributed by atoms with van der Waals surface area (Å²) in [5.41, 5.74) is 5.57.